The number of thiazole rings is 1. The Labute approximate surface area is 129 Å². The van der Waals surface area contributed by atoms with E-state index in [0.717, 1.165) is 38.1 Å². The average Bonchev–Trinajstić information content (AvgIpc) is 2.95. The van der Waals surface area contributed by atoms with Crippen LogP contribution in [-0.4, -0.2) is 47.3 Å². The standard InChI is InChI=1S/C16H23N3OS/c20-11-3-8-19-9-6-13(7-10-19)17-12-16-18-14-4-1-2-5-15(14)21-16/h1-2,4-5,13,17,20H,3,6-12H2. The Balaban J connectivity index is 1.45. The number of piperidine rings is 1. The number of rotatable bonds is 6. The summed E-state index contributed by atoms with van der Waals surface area (Å²) < 4.78 is 1.27. The topological polar surface area (TPSA) is 48.4 Å². The van der Waals surface area contributed by atoms with Crippen molar-refractivity contribution in [1.29, 1.82) is 0 Å². The molecule has 5 heteroatoms. The van der Waals surface area contributed by atoms with Crippen molar-refractivity contribution in [2.45, 2.75) is 31.8 Å². The van der Waals surface area contributed by atoms with E-state index in [1.165, 1.54) is 22.5 Å². The van der Waals surface area contributed by atoms with Gasteiger partial charge in [-0.1, -0.05) is 12.1 Å². The molecule has 1 saturated heterocycles. The van der Waals surface area contributed by atoms with Gasteiger partial charge in [0.05, 0.1) is 10.2 Å². The van der Waals surface area contributed by atoms with Gasteiger partial charge in [-0.15, -0.1) is 11.3 Å². The molecule has 0 atom stereocenters. The van der Waals surface area contributed by atoms with Gasteiger partial charge in [-0.25, -0.2) is 4.98 Å². The van der Waals surface area contributed by atoms with Crippen LogP contribution in [0.25, 0.3) is 10.2 Å². The third-order valence-electron chi connectivity index (χ3n) is 4.10. The van der Waals surface area contributed by atoms with Crippen LogP contribution < -0.4 is 5.32 Å². The van der Waals surface area contributed by atoms with E-state index >= 15 is 0 Å². The molecule has 114 valence electrons. The summed E-state index contributed by atoms with van der Waals surface area (Å²) in [6.07, 6.45) is 3.27. The largest absolute Gasteiger partial charge is 0.396 e. The molecule has 2 heterocycles. The van der Waals surface area contributed by atoms with E-state index in [4.69, 9.17) is 5.11 Å². The summed E-state index contributed by atoms with van der Waals surface area (Å²) in [5.74, 6) is 0. The van der Waals surface area contributed by atoms with E-state index in [0.29, 0.717) is 12.6 Å². The number of aliphatic hydroxyl groups excluding tert-OH is 1. The molecule has 21 heavy (non-hydrogen) atoms. The fourth-order valence-corrected chi connectivity index (χ4v) is 3.80. The van der Waals surface area contributed by atoms with Crippen molar-refractivity contribution in [2.75, 3.05) is 26.2 Å². The lowest BCUT2D eigenvalue weighted by atomic mass is 10.0. The monoisotopic (exact) mass is 305 g/mol. The Kier molecular flexibility index (Phi) is 5.19. The lowest BCUT2D eigenvalue weighted by Crippen LogP contribution is -2.42. The zero-order valence-electron chi connectivity index (χ0n) is 12.3. The fourth-order valence-electron chi connectivity index (χ4n) is 2.88. The van der Waals surface area contributed by atoms with Crippen LogP contribution in [0.5, 0.6) is 0 Å². The maximum absolute atomic E-state index is 8.87. The predicted octanol–water partition coefficient (Wildman–Crippen LogP) is 2.23. The van der Waals surface area contributed by atoms with E-state index < -0.39 is 0 Å². The highest BCUT2D eigenvalue weighted by Gasteiger charge is 2.18. The lowest BCUT2D eigenvalue weighted by molar-refractivity contribution is 0.177. The second-order valence-corrected chi connectivity index (χ2v) is 6.76. The zero-order chi connectivity index (χ0) is 14.5. The predicted molar refractivity (Wildman–Crippen MR) is 87.6 cm³/mol. The molecule has 1 aliphatic heterocycles. The van der Waals surface area contributed by atoms with Crippen molar-refractivity contribution in [3.63, 3.8) is 0 Å². The number of hydrogen-bond donors (Lipinski definition) is 2. The normalized spacial score (nSPS) is 17.6. The van der Waals surface area contributed by atoms with Crippen molar-refractivity contribution in [2.24, 2.45) is 0 Å². The maximum atomic E-state index is 8.87. The number of hydrogen-bond acceptors (Lipinski definition) is 5. The van der Waals surface area contributed by atoms with E-state index in [-0.39, 0.29) is 0 Å². The van der Waals surface area contributed by atoms with Gasteiger partial charge in [0.25, 0.3) is 0 Å². The summed E-state index contributed by atoms with van der Waals surface area (Å²) in [7, 11) is 0. The highest BCUT2D eigenvalue weighted by molar-refractivity contribution is 7.18. The summed E-state index contributed by atoms with van der Waals surface area (Å²) in [6, 6.07) is 8.93. The molecular weight excluding hydrogens is 282 g/mol. The minimum Gasteiger partial charge on any atom is -0.396 e. The number of aromatic nitrogens is 1. The number of fused-ring (bicyclic) bond motifs is 1. The number of nitrogens with one attached hydrogen (secondary N) is 1. The van der Waals surface area contributed by atoms with Gasteiger partial charge in [-0.05, 0) is 44.5 Å². The van der Waals surface area contributed by atoms with Crippen LogP contribution in [0.15, 0.2) is 24.3 Å². The smallest absolute Gasteiger partial charge is 0.108 e. The number of benzene rings is 1. The first kappa shape index (κ1) is 14.9. The Morgan fingerprint density at radius 2 is 2.10 bits per heavy atom. The fraction of sp³-hybridized carbons (Fsp3) is 0.562. The molecule has 0 bridgehead atoms. The summed E-state index contributed by atoms with van der Waals surface area (Å²) >= 11 is 1.79. The van der Waals surface area contributed by atoms with E-state index in [2.05, 4.69) is 33.4 Å². The minimum absolute atomic E-state index is 0.301. The van der Waals surface area contributed by atoms with Crippen LogP contribution in [0.4, 0.5) is 0 Å². The molecule has 2 N–H and O–H groups in total. The third-order valence-corrected chi connectivity index (χ3v) is 5.14. The molecule has 1 aromatic heterocycles. The van der Waals surface area contributed by atoms with Crippen molar-refractivity contribution >= 4 is 21.6 Å². The van der Waals surface area contributed by atoms with Gasteiger partial charge in [0.2, 0.25) is 0 Å². The first-order chi connectivity index (χ1) is 10.3. The summed E-state index contributed by atoms with van der Waals surface area (Å²) in [6.45, 7) is 4.48. The van der Waals surface area contributed by atoms with Crippen LogP contribution >= 0.6 is 11.3 Å². The molecule has 1 aromatic carbocycles. The molecule has 0 spiro atoms. The molecule has 3 rings (SSSR count). The molecule has 2 aromatic rings. The van der Waals surface area contributed by atoms with Gasteiger partial charge in [0.15, 0.2) is 0 Å². The number of aliphatic hydroxyl groups is 1. The van der Waals surface area contributed by atoms with E-state index in [1.807, 2.05) is 6.07 Å². The Hall–Kier alpha value is -1.01. The molecule has 1 fully saturated rings. The molecular formula is C16H23N3OS. The average molecular weight is 305 g/mol. The Morgan fingerprint density at radius 3 is 2.86 bits per heavy atom. The quantitative estimate of drug-likeness (QED) is 0.859. The van der Waals surface area contributed by atoms with Gasteiger partial charge < -0.3 is 15.3 Å². The zero-order valence-corrected chi connectivity index (χ0v) is 13.1. The first-order valence-corrected chi connectivity index (χ1v) is 8.58. The summed E-state index contributed by atoms with van der Waals surface area (Å²) in [4.78, 5) is 7.12. The maximum Gasteiger partial charge on any atom is 0.108 e. The summed E-state index contributed by atoms with van der Waals surface area (Å²) in [5, 5.41) is 13.7. The molecule has 4 nitrogen and oxygen atoms in total. The van der Waals surface area contributed by atoms with Crippen molar-refractivity contribution in [1.82, 2.24) is 15.2 Å². The van der Waals surface area contributed by atoms with Crippen LogP contribution in [0.2, 0.25) is 0 Å². The highest BCUT2D eigenvalue weighted by atomic mass is 32.1. The minimum atomic E-state index is 0.301. The molecule has 0 radical (unpaired) electrons. The number of nitrogens with zero attached hydrogens (tertiary/aromatic N) is 2. The SMILES string of the molecule is OCCCN1CCC(NCc2nc3ccccc3s2)CC1. The second-order valence-electron chi connectivity index (χ2n) is 5.65. The lowest BCUT2D eigenvalue weighted by Gasteiger charge is -2.32. The van der Waals surface area contributed by atoms with Gasteiger partial charge in [-0.3, -0.25) is 0 Å². The number of likely N-dealkylation sites (tertiary alicyclic amines) is 1. The molecule has 0 saturated carbocycles. The van der Waals surface area contributed by atoms with Crippen molar-refractivity contribution in [3.8, 4) is 0 Å². The Bertz CT molecular complexity index is 530. The molecule has 0 unspecified atom stereocenters. The van der Waals surface area contributed by atoms with Crippen LogP contribution in [0.3, 0.4) is 0 Å². The molecule has 1 aliphatic rings. The van der Waals surface area contributed by atoms with Gasteiger partial charge >= 0.3 is 0 Å². The molecule has 0 amide bonds. The van der Waals surface area contributed by atoms with Gasteiger partial charge in [0.1, 0.15) is 5.01 Å². The summed E-state index contributed by atoms with van der Waals surface area (Å²) in [5.41, 5.74) is 1.11. The molecule has 0 aliphatic carbocycles. The van der Waals surface area contributed by atoms with Crippen LogP contribution in [0, 0.1) is 0 Å². The van der Waals surface area contributed by atoms with Crippen molar-refractivity contribution in [3.05, 3.63) is 29.3 Å². The first-order valence-electron chi connectivity index (χ1n) is 7.76. The number of para-hydroxylation sites is 1. The van der Waals surface area contributed by atoms with Crippen LogP contribution in [-0.2, 0) is 6.54 Å². The van der Waals surface area contributed by atoms with Gasteiger partial charge in [-0.2, -0.15) is 0 Å². The third kappa shape index (κ3) is 4.01. The Morgan fingerprint density at radius 1 is 1.29 bits per heavy atom. The van der Waals surface area contributed by atoms with Crippen molar-refractivity contribution < 1.29 is 5.11 Å². The van der Waals surface area contributed by atoms with E-state index in [9.17, 15) is 0 Å². The van der Waals surface area contributed by atoms with Gasteiger partial charge in [0, 0.05) is 25.7 Å². The second kappa shape index (κ2) is 7.31. The van der Waals surface area contributed by atoms with Crippen LogP contribution in [0.1, 0.15) is 24.3 Å². The van der Waals surface area contributed by atoms with E-state index in [1.54, 1.807) is 11.3 Å². The highest BCUT2D eigenvalue weighted by Crippen LogP contribution is 2.21.